The molecule has 1 aromatic carbocycles. The van der Waals surface area contributed by atoms with E-state index in [-0.39, 0.29) is 10.0 Å². The summed E-state index contributed by atoms with van der Waals surface area (Å²) >= 11 is 2.83. The maximum Gasteiger partial charge on any atom is 0.143 e. The van der Waals surface area contributed by atoms with Gasteiger partial charge in [-0.1, -0.05) is 6.08 Å². The molecule has 1 N–H and O–H groups in total. The molecule has 1 rings (SSSR count). The van der Waals surface area contributed by atoms with E-state index in [2.05, 4.69) is 22.5 Å². The van der Waals surface area contributed by atoms with Crippen LogP contribution in [0.5, 0.6) is 0 Å². The van der Waals surface area contributed by atoms with Crippen LogP contribution in [0.4, 0.5) is 8.78 Å². The van der Waals surface area contributed by atoms with E-state index in [4.69, 9.17) is 0 Å². The molecule has 0 saturated heterocycles. The molecule has 0 spiro atoms. The smallest absolute Gasteiger partial charge is 0.143 e. The monoisotopic (exact) mass is 248 g/mol. The third-order valence-corrected chi connectivity index (χ3v) is 2.14. The highest BCUT2D eigenvalue weighted by Gasteiger charge is 2.13. The third-order valence-electron chi connectivity index (χ3n) is 1.56. The first-order valence-electron chi connectivity index (χ1n) is 3.51. The van der Waals surface area contributed by atoms with Crippen molar-refractivity contribution in [2.24, 2.45) is 0 Å². The first-order chi connectivity index (χ1) is 6.06. The summed E-state index contributed by atoms with van der Waals surface area (Å²) in [4.78, 5) is 0. The highest BCUT2D eigenvalue weighted by atomic mass is 79.9. The van der Waals surface area contributed by atoms with Crippen molar-refractivity contribution in [2.45, 2.75) is 6.10 Å². The van der Waals surface area contributed by atoms with E-state index in [0.717, 1.165) is 18.2 Å². The van der Waals surface area contributed by atoms with Gasteiger partial charge in [0, 0.05) is 5.56 Å². The Labute approximate surface area is 82.8 Å². The van der Waals surface area contributed by atoms with E-state index < -0.39 is 17.7 Å². The van der Waals surface area contributed by atoms with Gasteiger partial charge in [0.15, 0.2) is 0 Å². The standard InChI is InChI=1S/C9H7BrF2O/c1-2-8(13)6-3-5(11)4-7(10)9(6)12/h2-4,8,13H,1H2. The zero-order valence-electron chi connectivity index (χ0n) is 6.60. The fourth-order valence-electron chi connectivity index (χ4n) is 0.918. The second kappa shape index (κ2) is 3.98. The summed E-state index contributed by atoms with van der Waals surface area (Å²) in [5.74, 6) is -1.28. The minimum absolute atomic E-state index is 0.0107. The van der Waals surface area contributed by atoms with Gasteiger partial charge < -0.3 is 5.11 Å². The van der Waals surface area contributed by atoms with Crippen LogP contribution in [0.1, 0.15) is 11.7 Å². The van der Waals surface area contributed by atoms with E-state index in [1.165, 1.54) is 0 Å². The Kier molecular flexibility index (Phi) is 3.17. The van der Waals surface area contributed by atoms with Crippen molar-refractivity contribution in [1.82, 2.24) is 0 Å². The van der Waals surface area contributed by atoms with Gasteiger partial charge in [0.1, 0.15) is 11.6 Å². The van der Waals surface area contributed by atoms with Crippen LogP contribution in [0.25, 0.3) is 0 Å². The summed E-state index contributed by atoms with van der Waals surface area (Å²) in [5.41, 5.74) is -0.123. The SMILES string of the molecule is C=CC(O)c1cc(F)cc(Br)c1F. The molecule has 0 fully saturated rings. The molecule has 1 aromatic rings. The number of hydrogen-bond donors (Lipinski definition) is 1. The Hall–Kier alpha value is -0.740. The average Bonchev–Trinajstić information content (AvgIpc) is 2.10. The van der Waals surface area contributed by atoms with Crippen LogP contribution in [0.2, 0.25) is 0 Å². The molecular weight excluding hydrogens is 242 g/mol. The molecule has 0 aromatic heterocycles. The summed E-state index contributed by atoms with van der Waals surface area (Å²) in [6.45, 7) is 3.28. The first kappa shape index (κ1) is 10.3. The van der Waals surface area contributed by atoms with Crippen molar-refractivity contribution in [1.29, 1.82) is 0 Å². The Balaban J connectivity index is 3.27. The number of hydrogen-bond acceptors (Lipinski definition) is 1. The Morgan fingerprint density at radius 1 is 1.46 bits per heavy atom. The largest absolute Gasteiger partial charge is 0.384 e. The second-order valence-corrected chi connectivity index (χ2v) is 3.33. The molecule has 0 heterocycles. The van der Waals surface area contributed by atoms with Gasteiger partial charge in [0.2, 0.25) is 0 Å². The molecular formula is C9H7BrF2O. The highest BCUT2D eigenvalue weighted by Crippen LogP contribution is 2.25. The van der Waals surface area contributed by atoms with Gasteiger partial charge >= 0.3 is 0 Å². The van der Waals surface area contributed by atoms with Gasteiger partial charge in [-0.05, 0) is 28.1 Å². The van der Waals surface area contributed by atoms with Crippen LogP contribution in [0, 0.1) is 11.6 Å². The molecule has 0 aliphatic rings. The van der Waals surface area contributed by atoms with Crippen LogP contribution in [0.3, 0.4) is 0 Å². The summed E-state index contributed by atoms with van der Waals surface area (Å²) < 4.78 is 25.9. The topological polar surface area (TPSA) is 20.2 Å². The molecule has 0 radical (unpaired) electrons. The van der Waals surface area contributed by atoms with E-state index in [0.29, 0.717) is 0 Å². The van der Waals surface area contributed by atoms with Gasteiger partial charge in [0.05, 0.1) is 10.6 Å². The minimum atomic E-state index is -1.19. The number of aliphatic hydroxyl groups is 1. The summed E-state index contributed by atoms with van der Waals surface area (Å²) in [6, 6.07) is 1.93. The van der Waals surface area contributed by atoms with Crippen molar-refractivity contribution < 1.29 is 13.9 Å². The van der Waals surface area contributed by atoms with Crippen molar-refractivity contribution in [3.8, 4) is 0 Å². The van der Waals surface area contributed by atoms with Gasteiger partial charge in [0.25, 0.3) is 0 Å². The predicted octanol–water partition coefficient (Wildman–Crippen LogP) is 2.95. The van der Waals surface area contributed by atoms with E-state index >= 15 is 0 Å². The fourth-order valence-corrected chi connectivity index (χ4v) is 1.37. The maximum absolute atomic E-state index is 13.2. The molecule has 0 aliphatic carbocycles. The van der Waals surface area contributed by atoms with Gasteiger partial charge in [-0.3, -0.25) is 0 Å². The quantitative estimate of drug-likeness (QED) is 0.631. The number of benzene rings is 1. The van der Waals surface area contributed by atoms with Crippen LogP contribution >= 0.6 is 15.9 Å². The van der Waals surface area contributed by atoms with Crippen LogP contribution in [-0.4, -0.2) is 5.11 Å². The number of aliphatic hydroxyl groups excluding tert-OH is 1. The van der Waals surface area contributed by atoms with Gasteiger partial charge in [-0.25, -0.2) is 8.78 Å². The molecule has 4 heteroatoms. The summed E-state index contributed by atoms with van der Waals surface area (Å²) in [6.07, 6.45) is -0.0587. The van der Waals surface area contributed by atoms with E-state index in [9.17, 15) is 13.9 Å². The molecule has 0 saturated carbocycles. The van der Waals surface area contributed by atoms with Crippen LogP contribution in [-0.2, 0) is 0 Å². The van der Waals surface area contributed by atoms with Gasteiger partial charge in [-0.15, -0.1) is 6.58 Å². The molecule has 0 amide bonds. The van der Waals surface area contributed by atoms with Crippen molar-refractivity contribution in [2.75, 3.05) is 0 Å². The van der Waals surface area contributed by atoms with Crippen LogP contribution < -0.4 is 0 Å². The molecule has 0 bridgehead atoms. The minimum Gasteiger partial charge on any atom is -0.384 e. The van der Waals surface area contributed by atoms with Crippen molar-refractivity contribution in [3.05, 3.63) is 46.5 Å². The Morgan fingerprint density at radius 3 is 2.62 bits per heavy atom. The van der Waals surface area contributed by atoms with Crippen molar-refractivity contribution in [3.63, 3.8) is 0 Å². The van der Waals surface area contributed by atoms with E-state index in [1.807, 2.05) is 0 Å². The lowest BCUT2D eigenvalue weighted by Crippen LogP contribution is -1.99. The fraction of sp³-hybridized carbons (Fsp3) is 0.111. The Bertz CT molecular complexity index is 339. The lowest BCUT2D eigenvalue weighted by atomic mass is 10.1. The van der Waals surface area contributed by atoms with Crippen molar-refractivity contribution >= 4 is 15.9 Å². The van der Waals surface area contributed by atoms with Crippen LogP contribution in [0.15, 0.2) is 29.3 Å². The summed E-state index contributed by atoms with van der Waals surface area (Å²) in [7, 11) is 0. The lowest BCUT2D eigenvalue weighted by Gasteiger charge is -2.08. The lowest BCUT2D eigenvalue weighted by molar-refractivity contribution is 0.222. The molecule has 13 heavy (non-hydrogen) atoms. The predicted molar refractivity (Wildman–Crippen MR) is 49.2 cm³/mol. The summed E-state index contributed by atoms with van der Waals surface area (Å²) in [5, 5.41) is 9.21. The zero-order chi connectivity index (χ0) is 10.0. The first-order valence-corrected chi connectivity index (χ1v) is 4.30. The number of rotatable bonds is 2. The van der Waals surface area contributed by atoms with Gasteiger partial charge in [-0.2, -0.15) is 0 Å². The Morgan fingerprint density at radius 2 is 2.08 bits per heavy atom. The second-order valence-electron chi connectivity index (χ2n) is 2.47. The normalized spacial score (nSPS) is 12.6. The maximum atomic E-state index is 13.2. The van der Waals surface area contributed by atoms with E-state index in [1.54, 1.807) is 0 Å². The highest BCUT2D eigenvalue weighted by molar-refractivity contribution is 9.10. The average molecular weight is 249 g/mol. The number of halogens is 3. The molecule has 1 unspecified atom stereocenters. The zero-order valence-corrected chi connectivity index (χ0v) is 8.18. The molecule has 1 nitrogen and oxygen atoms in total. The third kappa shape index (κ3) is 2.14. The molecule has 0 aliphatic heterocycles. The molecule has 70 valence electrons. The molecule has 1 atom stereocenters.